The second kappa shape index (κ2) is 7.90. The first-order valence-electron chi connectivity index (χ1n) is 7.82. The van der Waals surface area contributed by atoms with Crippen molar-refractivity contribution >= 4 is 44.6 Å². The minimum atomic E-state index is -3.68. The molecule has 0 saturated carbocycles. The number of carbonyl (C=O) groups excluding carboxylic acids is 1. The highest BCUT2D eigenvalue weighted by Gasteiger charge is 2.22. The van der Waals surface area contributed by atoms with Crippen molar-refractivity contribution in [2.24, 2.45) is 0 Å². The SMILES string of the molecule is CS(=O)(=O)c1cccc(F)c1-c1cc(-c2cccc(NC(=O)C(Cl)Cl)c2)on1. The first-order valence-corrected chi connectivity index (χ1v) is 10.6. The molecule has 0 aliphatic rings. The van der Waals surface area contributed by atoms with Gasteiger partial charge in [-0.05, 0) is 24.3 Å². The molecule has 0 fully saturated rings. The Balaban J connectivity index is 2.00. The zero-order chi connectivity index (χ0) is 20.5. The molecule has 3 rings (SSSR count). The van der Waals surface area contributed by atoms with E-state index in [1.54, 1.807) is 24.3 Å². The Labute approximate surface area is 170 Å². The summed E-state index contributed by atoms with van der Waals surface area (Å²) in [6.07, 6.45) is 0.986. The van der Waals surface area contributed by atoms with Gasteiger partial charge in [-0.1, -0.05) is 46.6 Å². The van der Waals surface area contributed by atoms with Crippen LogP contribution in [-0.2, 0) is 14.6 Å². The van der Waals surface area contributed by atoms with Crippen LogP contribution in [0.3, 0.4) is 0 Å². The monoisotopic (exact) mass is 442 g/mol. The summed E-state index contributed by atoms with van der Waals surface area (Å²) >= 11 is 11.0. The Bertz CT molecular complexity index is 1150. The maximum absolute atomic E-state index is 14.3. The van der Waals surface area contributed by atoms with Gasteiger partial charge in [0.25, 0.3) is 5.91 Å². The number of aromatic nitrogens is 1. The molecular formula is C18H13Cl2FN2O4S. The molecule has 28 heavy (non-hydrogen) atoms. The lowest BCUT2D eigenvalue weighted by atomic mass is 10.1. The Morgan fingerprint density at radius 1 is 1.18 bits per heavy atom. The van der Waals surface area contributed by atoms with Gasteiger partial charge in [0.1, 0.15) is 11.5 Å². The number of nitrogens with zero attached hydrogens (tertiary/aromatic N) is 1. The van der Waals surface area contributed by atoms with Gasteiger partial charge in [0.15, 0.2) is 20.4 Å². The van der Waals surface area contributed by atoms with Gasteiger partial charge in [0, 0.05) is 23.6 Å². The van der Waals surface area contributed by atoms with Gasteiger partial charge in [0.05, 0.1) is 10.5 Å². The Hall–Kier alpha value is -2.42. The highest BCUT2D eigenvalue weighted by molar-refractivity contribution is 7.90. The number of hydrogen-bond acceptors (Lipinski definition) is 5. The van der Waals surface area contributed by atoms with E-state index in [1.807, 2.05) is 0 Å². The third kappa shape index (κ3) is 4.35. The second-order valence-corrected chi connectivity index (χ2v) is 8.91. The molecule has 0 spiro atoms. The normalized spacial score (nSPS) is 11.6. The van der Waals surface area contributed by atoms with Crippen molar-refractivity contribution in [1.29, 1.82) is 0 Å². The highest BCUT2D eigenvalue weighted by atomic mass is 35.5. The van der Waals surface area contributed by atoms with E-state index in [1.165, 1.54) is 18.2 Å². The number of nitrogens with one attached hydrogen (secondary N) is 1. The third-order valence-electron chi connectivity index (χ3n) is 3.75. The average molecular weight is 443 g/mol. The summed E-state index contributed by atoms with van der Waals surface area (Å²) in [6, 6.07) is 11.7. The van der Waals surface area contributed by atoms with Gasteiger partial charge >= 0.3 is 0 Å². The number of amides is 1. The van der Waals surface area contributed by atoms with Crippen LogP contribution in [0.2, 0.25) is 0 Å². The molecule has 0 saturated heterocycles. The third-order valence-corrected chi connectivity index (χ3v) is 5.29. The Kier molecular flexibility index (Phi) is 5.74. The van der Waals surface area contributed by atoms with Gasteiger partial charge in [0.2, 0.25) is 0 Å². The molecule has 1 N–H and O–H groups in total. The number of halogens is 3. The van der Waals surface area contributed by atoms with Crippen LogP contribution in [0.15, 0.2) is 57.9 Å². The van der Waals surface area contributed by atoms with Gasteiger partial charge in [-0.25, -0.2) is 12.8 Å². The molecular weight excluding hydrogens is 430 g/mol. The molecule has 10 heteroatoms. The fourth-order valence-electron chi connectivity index (χ4n) is 2.54. The van der Waals surface area contributed by atoms with E-state index < -0.39 is 26.4 Å². The molecule has 0 aliphatic carbocycles. The van der Waals surface area contributed by atoms with Crippen LogP contribution < -0.4 is 5.32 Å². The van der Waals surface area contributed by atoms with E-state index >= 15 is 0 Å². The number of hydrogen-bond donors (Lipinski definition) is 1. The van der Waals surface area contributed by atoms with Gasteiger partial charge < -0.3 is 9.84 Å². The number of benzene rings is 2. The smallest absolute Gasteiger partial charge is 0.257 e. The minimum absolute atomic E-state index is 0.0320. The van der Waals surface area contributed by atoms with Crippen LogP contribution in [0.1, 0.15) is 0 Å². The lowest BCUT2D eigenvalue weighted by Crippen LogP contribution is -2.18. The number of rotatable bonds is 5. The quantitative estimate of drug-likeness (QED) is 0.595. The van der Waals surface area contributed by atoms with E-state index in [4.69, 9.17) is 27.7 Å². The predicted octanol–water partition coefficient (Wildman–Crippen LogP) is 4.29. The summed E-state index contributed by atoms with van der Waals surface area (Å²) in [7, 11) is -3.68. The van der Waals surface area contributed by atoms with E-state index in [-0.39, 0.29) is 21.9 Å². The predicted molar refractivity (Wildman–Crippen MR) is 105 cm³/mol. The lowest BCUT2D eigenvalue weighted by Gasteiger charge is -2.06. The van der Waals surface area contributed by atoms with Crippen molar-refractivity contribution in [3.05, 3.63) is 54.3 Å². The standard InChI is InChI=1S/C18H13Cl2FN2O4S/c1-28(25,26)15-7-3-6-12(21)16(15)13-9-14(27-23-13)10-4-2-5-11(8-10)22-18(24)17(19)20/h2-9,17H,1H3,(H,22,24). The maximum atomic E-state index is 14.3. The molecule has 3 aromatic rings. The van der Waals surface area contributed by atoms with E-state index in [2.05, 4.69) is 10.5 Å². The molecule has 2 aromatic carbocycles. The van der Waals surface area contributed by atoms with Crippen LogP contribution in [0, 0.1) is 5.82 Å². The molecule has 1 heterocycles. The largest absolute Gasteiger partial charge is 0.356 e. The van der Waals surface area contributed by atoms with Gasteiger partial charge in [-0.15, -0.1) is 0 Å². The highest BCUT2D eigenvalue weighted by Crippen LogP contribution is 2.33. The van der Waals surface area contributed by atoms with Crippen LogP contribution in [0.5, 0.6) is 0 Å². The lowest BCUT2D eigenvalue weighted by molar-refractivity contribution is -0.114. The summed E-state index contributed by atoms with van der Waals surface area (Å²) in [5.74, 6) is -1.08. The summed E-state index contributed by atoms with van der Waals surface area (Å²) < 4.78 is 43.5. The van der Waals surface area contributed by atoms with Crippen LogP contribution in [-0.4, -0.2) is 30.6 Å². The zero-order valence-corrected chi connectivity index (χ0v) is 16.6. The number of alkyl halides is 2. The summed E-state index contributed by atoms with van der Waals surface area (Å²) in [6.45, 7) is 0. The average Bonchev–Trinajstić information content (AvgIpc) is 3.10. The number of carbonyl (C=O) groups is 1. The Morgan fingerprint density at radius 2 is 1.89 bits per heavy atom. The van der Waals surface area contributed by atoms with Crippen LogP contribution in [0.4, 0.5) is 10.1 Å². The van der Waals surface area contributed by atoms with Crippen LogP contribution in [0.25, 0.3) is 22.6 Å². The van der Waals surface area contributed by atoms with Crippen molar-refractivity contribution in [2.45, 2.75) is 9.73 Å². The fourth-order valence-corrected chi connectivity index (χ4v) is 3.55. The maximum Gasteiger partial charge on any atom is 0.257 e. The minimum Gasteiger partial charge on any atom is -0.356 e. The van der Waals surface area contributed by atoms with Crippen molar-refractivity contribution < 1.29 is 22.1 Å². The van der Waals surface area contributed by atoms with Gasteiger partial charge in [-0.2, -0.15) is 0 Å². The zero-order valence-electron chi connectivity index (χ0n) is 14.3. The summed E-state index contributed by atoms with van der Waals surface area (Å²) in [5, 5.41) is 6.33. The number of anilines is 1. The Morgan fingerprint density at radius 3 is 2.57 bits per heavy atom. The van der Waals surface area contributed by atoms with E-state index in [9.17, 15) is 17.6 Å². The second-order valence-electron chi connectivity index (χ2n) is 5.83. The molecule has 0 aliphatic heterocycles. The molecule has 0 unspecified atom stereocenters. The first kappa shape index (κ1) is 20.3. The van der Waals surface area contributed by atoms with Crippen molar-refractivity contribution in [3.8, 4) is 22.6 Å². The van der Waals surface area contributed by atoms with Gasteiger partial charge in [-0.3, -0.25) is 4.79 Å². The molecule has 0 atom stereocenters. The van der Waals surface area contributed by atoms with Crippen molar-refractivity contribution in [3.63, 3.8) is 0 Å². The summed E-state index contributed by atoms with van der Waals surface area (Å²) in [5.41, 5.74) is 0.796. The topological polar surface area (TPSA) is 89.3 Å². The van der Waals surface area contributed by atoms with E-state index in [0.717, 1.165) is 12.3 Å². The molecule has 146 valence electrons. The number of sulfone groups is 1. The van der Waals surface area contributed by atoms with Crippen molar-refractivity contribution in [2.75, 3.05) is 11.6 Å². The fraction of sp³-hybridized carbons (Fsp3) is 0.111. The van der Waals surface area contributed by atoms with Crippen molar-refractivity contribution in [1.82, 2.24) is 5.16 Å². The first-order chi connectivity index (χ1) is 13.2. The summed E-state index contributed by atoms with van der Waals surface area (Å²) in [4.78, 5) is 10.2. The molecule has 1 amide bonds. The molecule has 0 radical (unpaired) electrons. The molecule has 6 nitrogen and oxygen atoms in total. The molecule has 1 aromatic heterocycles. The van der Waals surface area contributed by atoms with Crippen LogP contribution >= 0.6 is 23.2 Å². The van der Waals surface area contributed by atoms with E-state index in [0.29, 0.717) is 11.3 Å². The molecule has 0 bridgehead atoms.